The Hall–Kier alpha value is -0.820. The highest BCUT2D eigenvalue weighted by Gasteiger charge is 2.16. The van der Waals surface area contributed by atoms with Gasteiger partial charge in [-0.1, -0.05) is 52.0 Å². The third-order valence-corrected chi connectivity index (χ3v) is 2.85. The first kappa shape index (κ1) is 12.3. The van der Waals surface area contributed by atoms with E-state index in [1.165, 1.54) is 11.1 Å². The highest BCUT2D eigenvalue weighted by molar-refractivity contribution is 5.26. The molecule has 0 bridgehead atoms. The number of hydrogen-bond acceptors (Lipinski definition) is 1. The lowest BCUT2D eigenvalue weighted by Crippen LogP contribution is -2.25. The van der Waals surface area contributed by atoms with E-state index in [1.54, 1.807) is 0 Å². The monoisotopic (exact) mass is 205 g/mol. The van der Waals surface area contributed by atoms with Gasteiger partial charge in [0.05, 0.1) is 0 Å². The van der Waals surface area contributed by atoms with Crippen LogP contribution in [0.5, 0.6) is 0 Å². The molecular weight excluding hydrogens is 182 g/mol. The van der Waals surface area contributed by atoms with Crippen molar-refractivity contribution in [3.8, 4) is 0 Å². The predicted octanol–water partition coefficient (Wildman–Crippen LogP) is 3.34. The number of rotatable bonds is 4. The van der Waals surface area contributed by atoms with Crippen molar-refractivity contribution in [2.45, 2.75) is 40.0 Å². The van der Waals surface area contributed by atoms with Crippen LogP contribution in [0.15, 0.2) is 24.3 Å². The van der Waals surface area contributed by atoms with Gasteiger partial charge in [0.15, 0.2) is 0 Å². The summed E-state index contributed by atoms with van der Waals surface area (Å²) in [6.45, 7) is 9.63. The molecule has 1 nitrogen and oxygen atoms in total. The van der Waals surface area contributed by atoms with Gasteiger partial charge in [0.1, 0.15) is 0 Å². The molecular formula is C14H23N. The van der Waals surface area contributed by atoms with Crippen molar-refractivity contribution >= 4 is 0 Å². The zero-order valence-corrected chi connectivity index (χ0v) is 10.4. The van der Waals surface area contributed by atoms with Gasteiger partial charge < -0.3 is 5.73 Å². The van der Waals surface area contributed by atoms with E-state index in [9.17, 15) is 0 Å². The van der Waals surface area contributed by atoms with Gasteiger partial charge in [-0.15, -0.1) is 0 Å². The topological polar surface area (TPSA) is 26.0 Å². The van der Waals surface area contributed by atoms with Gasteiger partial charge in [-0.2, -0.15) is 0 Å². The Labute approximate surface area is 93.7 Å². The van der Waals surface area contributed by atoms with Crippen molar-refractivity contribution in [1.29, 1.82) is 0 Å². The molecule has 0 radical (unpaired) electrons. The summed E-state index contributed by atoms with van der Waals surface area (Å²) in [6.07, 6.45) is 1.06. The van der Waals surface area contributed by atoms with Gasteiger partial charge in [-0.05, 0) is 35.4 Å². The fourth-order valence-electron chi connectivity index (χ4n) is 1.69. The zero-order valence-electron chi connectivity index (χ0n) is 10.4. The van der Waals surface area contributed by atoms with E-state index in [-0.39, 0.29) is 5.41 Å². The second-order valence-electron chi connectivity index (χ2n) is 5.44. The third-order valence-electron chi connectivity index (χ3n) is 2.85. The van der Waals surface area contributed by atoms with Crippen LogP contribution in [0, 0.1) is 5.41 Å². The first-order chi connectivity index (χ1) is 6.94. The van der Waals surface area contributed by atoms with Crippen LogP contribution in [-0.4, -0.2) is 6.54 Å². The van der Waals surface area contributed by atoms with Gasteiger partial charge in [0.25, 0.3) is 0 Å². The van der Waals surface area contributed by atoms with E-state index in [4.69, 9.17) is 5.73 Å². The molecule has 0 aliphatic heterocycles. The van der Waals surface area contributed by atoms with Crippen LogP contribution in [-0.2, 0) is 6.42 Å². The Balaban J connectivity index is 2.82. The molecule has 0 unspecified atom stereocenters. The van der Waals surface area contributed by atoms with Gasteiger partial charge in [0, 0.05) is 0 Å². The molecule has 0 spiro atoms. The van der Waals surface area contributed by atoms with E-state index < -0.39 is 0 Å². The molecule has 1 rings (SSSR count). The van der Waals surface area contributed by atoms with Crippen LogP contribution in [0.2, 0.25) is 0 Å². The average Bonchev–Trinajstić information content (AvgIpc) is 2.17. The Morgan fingerprint density at radius 3 is 2.47 bits per heavy atom. The number of benzene rings is 1. The van der Waals surface area contributed by atoms with Crippen molar-refractivity contribution in [1.82, 2.24) is 0 Å². The normalized spacial score (nSPS) is 12.1. The summed E-state index contributed by atoms with van der Waals surface area (Å²) in [4.78, 5) is 0. The largest absolute Gasteiger partial charge is 0.330 e. The molecule has 0 aliphatic rings. The van der Waals surface area contributed by atoms with E-state index >= 15 is 0 Å². The number of nitrogens with two attached hydrogens (primary N) is 1. The van der Waals surface area contributed by atoms with Crippen LogP contribution < -0.4 is 5.73 Å². The smallest absolute Gasteiger partial charge is 0.00226 e. The highest BCUT2D eigenvalue weighted by atomic mass is 14.6. The minimum Gasteiger partial charge on any atom is -0.330 e. The van der Waals surface area contributed by atoms with Crippen LogP contribution in [0.1, 0.15) is 44.7 Å². The van der Waals surface area contributed by atoms with Crippen LogP contribution in [0.25, 0.3) is 0 Å². The lowest BCUT2D eigenvalue weighted by molar-refractivity contribution is 0.376. The molecule has 0 amide bonds. The summed E-state index contributed by atoms with van der Waals surface area (Å²) in [5.41, 5.74) is 8.77. The second kappa shape index (κ2) is 4.80. The lowest BCUT2D eigenvalue weighted by atomic mass is 9.85. The van der Waals surface area contributed by atoms with E-state index in [2.05, 4.69) is 52.0 Å². The van der Waals surface area contributed by atoms with Crippen LogP contribution in [0.4, 0.5) is 0 Å². The summed E-state index contributed by atoms with van der Waals surface area (Å²) in [5.74, 6) is 0.603. The summed E-state index contributed by atoms with van der Waals surface area (Å²) in [7, 11) is 0. The predicted molar refractivity (Wildman–Crippen MR) is 67.1 cm³/mol. The van der Waals surface area contributed by atoms with E-state index in [1.807, 2.05) is 0 Å². The molecule has 1 aromatic carbocycles. The minimum absolute atomic E-state index is 0.204. The van der Waals surface area contributed by atoms with Crippen molar-refractivity contribution < 1.29 is 0 Å². The SMILES string of the molecule is CC(C)c1cccc(CC(C)(C)CN)c1. The van der Waals surface area contributed by atoms with Crippen molar-refractivity contribution in [2.24, 2.45) is 11.1 Å². The Morgan fingerprint density at radius 2 is 1.93 bits per heavy atom. The molecule has 2 N–H and O–H groups in total. The quantitative estimate of drug-likeness (QED) is 0.801. The molecule has 15 heavy (non-hydrogen) atoms. The molecule has 0 aliphatic carbocycles. The Morgan fingerprint density at radius 1 is 1.27 bits per heavy atom. The summed E-state index contributed by atoms with van der Waals surface area (Å²) >= 11 is 0. The molecule has 1 aromatic rings. The first-order valence-electron chi connectivity index (χ1n) is 5.73. The average molecular weight is 205 g/mol. The van der Waals surface area contributed by atoms with Gasteiger partial charge >= 0.3 is 0 Å². The second-order valence-corrected chi connectivity index (χ2v) is 5.44. The summed E-state index contributed by atoms with van der Waals surface area (Å²) in [6, 6.07) is 8.85. The molecule has 1 heteroatoms. The third kappa shape index (κ3) is 3.67. The summed E-state index contributed by atoms with van der Waals surface area (Å²) < 4.78 is 0. The van der Waals surface area contributed by atoms with Gasteiger partial charge in [-0.3, -0.25) is 0 Å². The Kier molecular flexibility index (Phi) is 3.92. The molecule has 0 fully saturated rings. The molecule has 0 saturated heterocycles. The number of hydrogen-bond donors (Lipinski definition) is 1. The van der Waals surface area contributed by atoms with Gasteiger partial charge in [0.2, 0.25) is 0 Å². The fourth-order valence-corrected chi connectivity index (χ4v) is 1.69. The minimum atomic E-state index is 0.204. The molecule has 84 valence electrons. The first-order valence-corrected chi connectivity index (χ1v) is 5.73. The van der Waals surface area contributed by atoms with Crippen molar-refractivity contribution in [3.05, 3.63) is 35.4 Å². The van der Waals surface area contributed by atoms with Crippen LogP contribution in [0.3, 0.4) is 0 Å². The van der Waals surface area contributed by atoms with Crippen molar-refractivity contribution in [2.75, 3.05) is 6.54 Å². The highest BCUT2D eigenvalue weighted by Crippen LogP contribution is 2.23. The maximum absolute atomic E-state index is 5.75. The summed E-state index contributed by atoms with van der Waals surface area (Å²) in [5, 5.41) is 0. The van der Waals surface area contributed by atoms with Gasteiger partial charge in [-0.25, -0.2) is 0 Å². The van der Waals surface area contributed by atoms with E-state index in [0.29, 0.717) is 5.92 Å². The Bertz CT molecular complexity index is 313. The molecule has 0 heterocycles. The molecule has 0 aromatic heterocycles. The zero-order chi connectivity index (χ0) is 11.5. The lowest BCUT2D eigenvalue weighted by Gasteiger charge is -2.22. The molecule has 0 saturated carbocycles. The van der Waals surface area contributed by atoms with Crippen LogP contribution >= 0.6 is 0 Å². The standard InChI is InChI=1S/C14H23N/c1-11(2)13-7-5-6-12(8-13)9-14(3,4)10-15/h5-8,11H,9-10,15H2,1-4H3. The molecule has 0 atom stereocenters. The fraction of sp³-hybridized carbons (Fsp3) is 0.571. The van der Waals surface area contributed by atoms with E-state index in [0.717, 1.165) is 13.0 Å². The van der Waals surface area contributed by atoms with Crippen molar-refractivity contribution in [3.63, 3.8) is 0 Å². The maximum atomic E-state index is 5.75. The maximum Gasteiger partial charge on any atom is -0.00226 e.